The normalized spacial score (nSPS) is 27.2. The molecule has 4 atom stereocenters. The van der Waals surface area contributed by atoms with Gasteiger partial charge in [0.05, 0.1) is 6.61 Å². The first kappa shape index (κ1) is 17.0. The van der Waals surface area contributed by atoms with Gasteiger partial charge in [0, 0.05) is 6.42 Å². The number of unbranched alkanes of at least 4 members (excludes halogenated alkanes) is 2. The number of ether oxygens (including phenoxy) is 1. The first-order valence-corrected chi connectivity index (χ1v) is 8.03. The second kappa shape index (κ2) is 6.93. The van der Waals surface area contributed by atoms with Crippen LogP contribution in [0.4, 0.5) is 0 Å². The summed E-state index contributed by atoms with van der Waals surface area (Å²) in [5, 5.41) is 36.8. The van der Waals surface area contributed by atoms with Crippen LogP contribution in [0.1, 0.15) is 38.2 Å². The van der Waals surface area contributed by atoms with Crippen LogP contribution in [0.15, 0.2) is 4.79 Å². The molecular weight excluding hydrogens is 318 g/mol. The van der Waals surface area contributed by atoms with Gasteiger partial charge < -0.3 is 25.0 Å². The van der Waals surface area contributed by atoms with Gasteiger partial charge in [-0.05, 0) is 6.42 Å². The third kappa shape index (κ3) is 2.93. The van der Waals surface area contributed by atoms with E-state index in [1.165, 1.54) is 4.68 Å². The van der Waals surface area contributed by atoms with Crippen molar-refractivity contribution in [1.82, 2.24) is 25.0 Å². The minimum atomic E-state index is -1.31. The number of fused-ring (bicyclic) bond motifs is 1. The van der Waals surface area contributed by atoms with E-state index in [2.05, 4.69) is 27.2 Å². The average molecular weight is 339 g/mol. The maximum absolute atomic E-state index is 12.1. The van der Waals surface area contributed by atoms with Gasteiger partial charge in [0.1, 0.15) is 24.1 Å². The van der Waals surface area contributed by atoms with Crippen LogP contribution < -0.4 is 5.56 Å². The lowest BCUT2D eigenvalue weighted by Crippen LogP contribution is -2.33. The molecule has 4 N–H and O–H groups in total. The number of nitrogens with zero attached hydrogens (tertiary/aromatic N) is 4. The summed E-state index contributed by atoms with van der Waals surface area (Å²) in [5.41, 5.74) is -0.198. The smallest absolute Gasteiger partial charge is 0.281 e. The summed E-state index contributed by atoms with van der Waals surface area (Å²) in [6, 6.07) is 0. The molecule has 1 aliphatic rings. The van der Waals surface area contributed by atoms with Crippen LogP contribution in [0, 0.1) is 0 Å². The fourth-order valence-electron chi connectivity index (χ4n) is 2.80. The van der Waals surface area contributed by atoms with E-state index < -0.39 is 36.7 Å². The van der Waals surface area contributed by atoms with Crippen LogP contribution in [0.3, 0.4) is 0 Å². The number of aliphatic hydroxyl groups excluding tert-OH is 3. The average Bonchev–Trinajstić information content (AvgIpc) is 3.10. The number of hydrogen-bond acceptors (Lipinski definition) is 8. The molecule has 1 saturated heterocycles. The van der Waals surface area contributed by atoms with Gasteiger partial charge in [0.15, 0.2) is 17.4 Å². The molecule has 0 aromatic carbocycles. The van der Waals surface area contributed by atoms with E-state index in [9.17, 15) is 20.1 Å². The highest BCUT2D eigenvalue weighted by Crippen LogP contribution is 2.29. The van der Waals surface area contributed by atoms with Crippen molar-refractivity contribution in [2.75, 3.05) is 6.61 Å². The molecule has 0 saturated carbocycles. The van der Waals surface area contributed by atoms with E-state index >= 15 is 0 Å². The van der Waals surface area contributed by atoms with Gasteiger partial charge in [-0.3, -0.25) is 4.79 Å². The van der Waals surface area contributed by atoms with Crippen molar-refractivity contribution in [3.63, 3.8) is 0 Å². The van der Waals surface area contributed by atoms with Gasteiger partial charge >= 0.3 is 0 Å². The Kier molecular flexibility index (Phi) is 4.90. The fraction of sp³-hybridized carbons (Fsp3) is 0.714. The Hall–Kier alpha value is -1.88. The summed E-state index contributed by atoms with van der Waals surface area (Å²) in [6.45, 7) is 1.64. The van der Waals surface area contributed by atoms with Gasteiger partial charge in [0.25, 0.3) is 5.56 Å². The monoisotopic (exact) mass is 339 g/mol. The van der Waals surface area contributed by atoms with Gasteiger partial charge in [-0.2, -0.15) is 4.68 Å². The number of aryl methyl sites for hydroxylation is 1. The lowest BCUT2D eigenvalue weighted by atomic mass is 10.1. The van der Waals surface area contributed by atoms with Crippen LogP contribution in [0.25, 0.3) is 11.2 Å². The van der Waals surface area contributed by atoms with Crippen molar-refractivity contribution < 1.29 is 20.1 Å². The van der Waals surface area contributed by atoms with Crippen molar-refractivity contribution >= 4 is 11.2 Å². The minimum Gasteiger partial charge on any atom is -0.394 e. The quantitative estimate of drug-likeness (QED) is 0.483. The van der Waals surface area contributed by atoms with Crippen LogP contribution >= 0.6 is 0 Å². The molecule has 24 heavy (non-hydrogen) atoms. The molecule has 0 amide bonds. The maximum atomic E-state index is 12.1. The Morgan fingerprint density at radius 2 is 2.08 bits per heavy atom. The molecule has 3 rings (SSSR count). The summed E-state index contributed by atoms with van der Waals surface area (Å²) < 4.78 is 6.60. The zero-order chi connectivity index (χ0) is 17.3. The van der Waals surface area contributed by atoms with E-state index in [1.807, 2.05) is 0 Å². The predicted octanol–water partition coefficient (Wildman–Crippen LogP) is -1.14. The number of aromatic nitrogens is 5. The van der Waals surface area contributed by atoms with E-state index in [4.69, 9.17) is 4.74 Å². The molecule has 0 bridgehead atoms. The zero-order valence-electron chi connectivity index (χ0n) is 13.3. The summed E-state index contributed by atoms with van der Waals surface area (Å²) in [4.78, 5) is 19.2. The number of rotatable bonds is 6. The Morgan fingerprint density at radius 1 is 1.29 bits per heavy atom. The number of aliphatic hydroxyl groups is 3. The summed E-state index contributed by atoms with van der Waals surface area (Å²) >= 11 is 0. The molecule has 2 aromatic heterocycles. The molecule has 0 aliphatic carbocycles. The number of nitrogens with one attached hydrogen (secondary N) is 1. The first-order chi connectivity index (χ1) is 11.6. The van der Waals surface area contributed by atoms with Crippen LogP contribution in [-0.2, 0) is 11.2 Å². The lowest BCUT2D eigenvalue weighted by Gasteiger charge is -2.14. The van der Waals surface area contributed by atoms with Gasteiger partial charge in [-0.15, -0.1) is 5.10 Å². The Labute approximate surface area is 137 Å². The molecule has 0 radical (unpaired) electrons. The molecule has 0 spiro atoms. The van der Waals surface area contributed by atoms with Crippen molar-refractivity contribution in [3.05, 3.63) is 16.2 Å². The van der Waals surface area contributed by atoms with E-state index in [-0.39, 0.29) is 11.2 Å². The number of H-pyrrole nitrogens is 1. The molecule has 132 valence electrons. The van der Waals surface area contributed by atoms with Crippen LogP contribution in [-0.4, -0.2) is 65.2 Å². The van der Waals surface area contributed by atoms with Crippen molar-refractivity contribution in [1.29, 1.82) is 0 Å². The lowest BCUT2D eigenvalue weighted by molar-refractivity contribution is -0.0574. The Balaban J connectivity index is 1.95. The second-order valence-electron chi connectivity index (χ2n) is 5.90. The van der Waals surface area contributed by atoms with Crippen LogP contribution in [0.5, 0.6) is 0 Å². The molecule has 0 unspecified atom stereocenters. The molecule has 1 fully saturated rings. The Bertz CT molecular complexity index is 760. The third-order valence-corrected chi connectivity index (χ3v) is 4.16. The highest BCUT2D eigenvalue weighted by atomic mass is 16.6. The highest BCUT2D eigenvalue weighted by molar-refractivity contribution is 5.68. The van der Waals surface area contributed by atoms with Crippen molar-refractivity contribution in [2.24, 2.45) is 0 Å². The molecule has 10 heteroatoms. The molecule has 3 heterocycles. The highest BCUT2D eigenvalue weighted by Gasteiger charge is 2.44. The van der Waals surface area contributed by atoms with Crippen molar-refractivity contribution in [2.45, 2.75) is 57.1 Å². The number of aromatic amines is 1. The SMILES string of the molecule is CCCCCc1nc2c(nnn2[C@@H]2O[C@H](CO)[C@@H](O)[C@H]2O)c(=O)[nH]1. The van der Waals surface area contributed by atoms with Gasteiger partial charge in [0.2, 0.25) is 0 Å². The largest absolute Gasteiger partial charge is 0.394 e. The molecule has 1 aliphatic heterocycles. The Morgan fingerprint density at radius 3 is 2.75 bits per heavy atom. The second-order valence-corrected chi connectivity index (χ2v) is 5.90. The summed E-state index contributed by atoms with van der Waals surface area (Å²) in [6.07, 6.45) is -1.000. The zero-order valence-corrected chi connectivity index (χ0v) is 13.3. The first-order valence-electron chi connectivity index (χ1n) is 8.03. The molecule has 2 aromatic rings. The third-order valence-electron chi connectivity index (χ3n) is 4.16. The van der Waals surface area contributed by atoms with Crippen molar-refractivity contribution in [3.8, 4) is 0 Å². The summed E-state index contributed by atoms with van der Waals surface area (Å²) in [7, 11) is 0. The maximum Gasteiger partial charge on any atom is 0.281 e. The standard InChI is InChI=1S/C14H21N5O5/c1-2-3-4-5-8-15-12-9(13(23)16-8)17-18-19(12)14-11(22)10(21)7(6-20)24-14/h7,10-11,14,20-22H,2-6H2,1H3,(H,15,16,23)/t7-,10-,11-,14-/m1/s1. The topological polar surface area (TPSA) is 146 Å². The molecular formula is C14H21N5O5. The van der Waals surface area contributed by atoms with E-state index in [1.54, 1.807) is 0 Å². The minimum absolute atomic E-state index is 0.0342. The van der Waals surface area contributed by atoms with E-state index in [0.717, 1.165) is 19.3 Å². The predicted molar refractivity (Wildman–Crippen MR) is 82.2 cm³/mol. The number of hydrogen-bond donors (Lipinski definition) is 4. The van der Waals surface area contributed by atoms with E-state index in [0.29, 0.717) is 12.2 Å². The molecule has 10 nitrogen and oxygen atoms in total. The summed E-state index contributed by atoms with van der Waals surface area (Å²) in [5.74, 6) is 0.510. The van der Waals surface area contributed by atoms with Gasteiger partial charge in [-0.1, -0.05) is 25.0 Å². The van der Waals surface area contributed by atoms with Gasteiger partial charge in [-0.25, -0.2) is 4.98 Å². The van der Waals surface area contributed by atoms with Crippen LogP contribution in [0.2, 0.25) is 0 Å². The fourth-order valence-corrected chi connectivity index (χ4v) is 2.80.